The number of thiophene rings is 1. The van der Waals surface area contributed by atoms with E-state index in [1.807, 2.05) is 17.5 Å². The van der Waals surface area contributed by atoms with Crippen molar-refractivity contribution >= 4 is 27.9 Å². The van der Waals surface area contributed by atoms with Gasteiger partial charge in [-0.3, -0.25) is 0 Å². The number of benzene rings is 1. The minimum Gasteiger partial charge on any atom is -0.397 e. The molecule has 0 atom stereocenters. The summed E-state index contributed by atoms with van der Waals surface area (Å²) in [7, 11) is 0. The summed E-state index contributed by atoms with van der Waals surface area (Å²) >= 11 is 1.57. The first kappa shape index (κ1) is 9.42. The van der Waals surface area contributed by atoms with Crippen LogP contribution in [-0.4, -0.2) is 4.98 Å². The lowest BCUT2D eigenvalue weighted by molar-refractivity contribution is 0.629. The van der Waals surface area contributed by atoms with Gasteiger partial charge in [-0.15, -0.1) is 11.3 Å². The number of nitrogens with two attached hydrogens (primary N) is 1. The number of rotatable bonds is 1. The predicted molar refractivity (Wildman–Crippen MR) is 66.0 cm³/mol. The summed E-state index contributed by atoms with van der Waals surface area (Å²) in [5.41, 5.74) is 8.32. The molecule has 0 amide bonds. The molecule has 0 fully saturated rings. The summed E-state index contributed by atoms with van der Waals surface area (Å²) in [5.74, 6) is -0.236. The summed E-state index contributed by atoms with van der Waals surface area (Å²) in [6, 6.07) is 8.55. The zero-order valence-corrected chi connectivity index (χ0v) is 9.14. The lowest BCUT2D eigenvalue weighted by atomic mass is 10.2. The Hall–Kier alpha value is -1.81. The van der Waals surface area contributed by atoms with E-state index in [9.17, 15) is 4.39 Å². The van der Waals surface area contributed by atoms with E-state index in [2.05, 4.69) is 4.98 Å². The molecule has 0 saturated heterocycles. The third-order valence-electron chi connectivity index (χ3n) is 2.52. The highest BCUT2D eigenvalue weighted by molar-refractivity contribution is 7.14. The zero-order valence-electron chi connectivity index (χ0n) is 8.33. The molecule has 4 heteroatoms. The number of hydrogen-bond donors (Lipinski definition) is 2. The molecule has 16 heavy (non-hydrogen) atoms. The van der Waals surface area contributed by atoms with Gasteiger partial charge in [0.1, 0.15) is 5.82 Å². The second-order valence-electron chi connectivity index (χ2n) is 3.62. The Morgan fingerprint density at radius 1 is 1.19 bits per heavy atom. The lowest BCUT2D eigenvalue weighted by Crippen LogP contribution is -1.83. The maximum Gasteiger partial charge on any atom is 0.125 e. The molecule has 0 aliphatic carbocycles. The molecular formula is C12H9FN2S. The number of H-pyrrole nitrogens is 1. The largest absolute Gasteiger partial charge is 0.397 e. The van der Waals surface area contributed by atoms with E-state index in [4.69, 9.17) is 5.73 Å². The van der Waals surface area contributed by atoms with Crippen LogP contribution in [0.2, 0.25) is 0 Å². The molecule has 0 aliphatic rings. The number of aromatic nitrogens is 1. The normalized spacial score (nSPS) is 11.1. The number of anilines is 1. The average Bonchev–Trinajstić information content (AvgIpc) is 2.82. The van der Waals surface area contributed by atoms with Crippen LogP contribution in [0.1, 0.15) is 0 Å². The molecule has 0 spiro atoms. The van der Waals surface area contributed by atoms with Crippen LogP contribution in [0.15, 0.2) is 35.7 Å². The molecule has 3 aromatic rings. The van der Waals surface area contributed by atoms with Crippen molar-refractivity contribution in [3.05, 3.63) is 41.5 Å². The standard InChI is InChI=1S/C12H9FN2S/c13-8-2-1-7-5-11(15-10(7)6-8)12-9(14)3-4-16-12/h1-6,15H,14H2. The van der Waals surface area contributed by atoms with Gasteiger partial charge in [-0.25, -0.2) is 4.39 Å². The second-order valence-corrected chi connectivity index (χ2v) is 4.54. The van der Waals surface area contributed by atoms with Crippen molar-refractivity contribution in [3.63, 3.8) is 0 Å². The van der Waals surface area contributed by atoms with Crippen LogP contribution in [0.25, 0.3) is 21.5 Å². The fraction of sp³-hybridized carbons (Fsp3) is 0. The molecule has 0 unspecified atom stereocenters. The third kappa shape index (κ3) is 1.39. The molecule has 3 N–H and O–H groups in total. The highest BCUT2D eigenvalue weighted by atomic mass is 32.1. The second kappa shape index (κ2) is 3.35. The third-order valence-corrected chi connectivity index (χ3v) is 3.49. The lowest BCUT2D eigenvalue weighted by Gasteiger charge is -1.93. The van der Waals surface area contributed by atoms with Gasteiger partial charge in [0.15, 0.2) is 0 Å². The summed E-state index contributed by atoms with van der Waals surface area (Å²) in [5, 5.41) is 2.93. The number of aromatic amines is 1. The number of fused-ring (bicyclic) bond motifs is 1. The van der Waals surface area contributed by atoms with Crippen molar-refractivity contribution in [2.45, 2.75) is 0 Å². The Morgan fingerprint density at radius 3 is 2.81 bits per heavy atom. The SMILES string of the molecule is Nc1ccsc1-c1cc2ccc(F)cc2[nH]1. The van der Waals surface area contributed by atoms with E-state index < -0.39 is 0 Å². The van der Waals surface area contributed by atoms with E-state index in [0.29, 0.717) is 0 Å². The Bertz CT molecular complexity index is 654. The predicted octanol–water partition coefficient (Wildman–Crippen LogP) is 3.62. The van der Waals surface area contributed by atoms with Gasteiger partial charge in [-0.2, -0.15) is 0 Å². The number of hydrogen-bond acceptors (Lipinski definition) is 2. The van der Waals surface area contributed by atoms with Crippen molar-refractivity contribution < 1.29 is 4.39 Å². The van der Waals surface area contributed by atoms with Crippen LogP contribution in [-0.2, 0) is 0 Å². The maximum absolute atomic E-state index is 13.0. The maximum atomic E-state index is 13.0. The van der Waals surface area contributed by atoms with Crippen LogP contribution >= 0.6 is 11.3 Å². The Morgan fingerprint density at radius 2 is 2.06 bits per heavy atom. The highest BCUT2D eigenvalue weighted by Gasteiger charge is 2.07. The zero-order chi connectivity index (χ0) is 11.1. The molecular weight excluding hydrogens is 223 g/mol. The molecule has 0 bridgehead atoms. The van der Waals surface area contributed by atoms with Gasteiger partial charge in [-0.1, -0.05) is 0 Å². The first-order valence-electron chi connectivity index (χ1n) is 4.85. The van der Waals surface area contributed by atoms with Crippen LogP contribution in [0.3, 0.4) is 0 Å². The van der Waals surface area contributed by atoms with E-state index in [1.54, 1.807) is 17.4 Å². The molecule has 1 aromatic carbocycles. The number of nitrogen functional groups attached to an aromatic ring is 1. The summed E-state index contributed by atoms with van der Waals surface area (Å²) in [4.78, 5) is 4.17. The fourth-order valence-electron chi connectivity index (χ4n) is 1.76. The monoisotopic (exact) mass is 232 g/mol. The molecule has 2 heterocycles. The van der Waals surface area contributed by atoms with Crippen molar-refractivity contribution in [1.82, 2.24) is 4.98 Å². The van der Waals surface area contributed by atoms with Crippen molar-refractivity contribution in [2.75, 3.05) is 5.73 Å². The van der Waals surface area contributed by atoms with E-state index in [0.717, 1.165) is 27.2 Å². The highest BCUT2D eigenvalue weighted by Crippen LogP contribution is 2.32. The van der Waals surface area contributed by atoms with Crippen molar-refractivity contribution in [2.24, 2.45) is 0 Å². The molecule has 2 aromatic heterocycles. The van der Waals surface area contributed by atoms with Crippen LogP contribution in [0.5, 0.6) is 0 Å². The average molecular weight is 232 g/mol. The van der Waals surface area contributed by atoms with Crippen molar-refractivity contribution in [3.8, 4) is 10.6 Å². The van der Waals surface area contributed by atoms with Gasteiger partial charge in [0.05, 0.1) is 16.3 Å². The molecule has 0 aliphatic heterocycles. The van der Waals surface area contributed by atoms with Crippen LogP contribution in [0, 0.1) is 5.82 Å². The number of halogens is 1. The molecule has 0 saturated carbocycles. The van der Waals surface area contributed by atoms with Gasteiger partial charge in [-0.05, 0) is 35.7 Å². The molecule has 0 radical (unpaired) electrons. The number of nitrogens with one attached hydrogen (secondary N) is 1. The Labute approximate surface area is 95.5 Å². The van der Waals surface area contributed by atoms with Crippen LogP contribution < -0.4 is 5.73 Å². The topological polar surface area (TPSA) is 41.8 Å². The van der Waals surface area contributed by atoms with Gasteiger partial charge < -0.3 is 10.7 Å². The summed E-state index contributed by atoms with van der Waals surface area (Å²) < 4.78 is 13.0. The van der Waals surface area contributed by atoms with Crippen molar-refractivity contribution in [1.29, 1.82) is 0 Å². The smallest absolute Gasteiger partial charge is 0.125 e. The van der Waals surface area contributed by atoms with E-state index in [1.165, 1.54) is 12.1 Å². The van der Waals surface area contributed by atoms with E-state index >= 15 is 0 Å². The van der Waals surface area contributed by atoms with Gasteiger partial charge in [0.25, 0.3) is 0 Å². The first-order chi connectivity index (χ1) is 7.74. The van der Waals surface area contributed by atoms with Gasteiger partial charge >= 0.3 is 0 Å². The minimum absolute atomic E-state index is 0.236. The van der Waals surface area contributed by atoms with Gasteiger partial charge in [0, 0.05) is 10.9 Å². The molecule has 80 valence electrons. The first-order valence-corrected chi connectivity index (χ1v) is 5.73. The summed E-state index contributed by atoms with van der Waals surface area (Å²) in [6.07, 6.45) is 0. The summed E-state index contributed by atoms with van der Waals surface area (Å²) in [6.45, 7) is 0. The quantitative estimate of drug-likeness (QED) is 0.661. The van der Waals surface area contributed by atoms with Crippen LogP contribution in [0.4, 0.5) is 10.1 Å². The molecule has 3 rings (SSSR count). The Balaban J connectivity index is 2.23. The fourth-order valence-corrected chi connectivity index (χ4v) is 2.55. The van der Waals surface area contributed by atoms with E-state index in [-0.39, 0.29) is 5.82 Å². The Kier molecular flexibility index (Phi) is 1.97. The minimum atomic E-state index is -0.236. The molecule has 2 nitrogen and oxygen atoms in total. The van der Waals surface area contributed by atoms with Gasteiger partial charge in [0.2, 0.25) is 0 Å².